The Hall–Kier alpha value is -1.44. The Labute approximate surface area is 164 Å². The van der Waals surface area contributed by atoms with Gasteiger partial charge < -0.3 is 10.2 Å². The lowest BCUT2D eigenvalue weighted by Crippen LogP contribution is -2.47. The largest absolute Gasteiger partial charge is 0.340 e. The zero-order chi connectivity index (χ0) is 19.9. The molecule has 1 N–H and O–H groups in total. The average molecular weight is 396 g/mol. The van der Waals surface area contributed by atoms with Crippen LogP contribution in [-0.2, 0) is 14.8 Å². The maximum Gasteiger partial charge on any atom is 0.243 e. The monoisotopic (exact) mass is 395 g/mol. The summed E-state index contributed by atoms with van der Waals surface area (Å²) in [5.41, 5.74) is 1.11. The SMILES string of the molecule is CCCCN(CCC(=O)N1CCNCC1)S(=O)(=O)c1ccc(C(C)C)cc1. The summed E-state index contributed by atoms with van der Waals surface area (Å²) >= 11 is 0. The molecule has 1 aliphatic rings. The van der Waals surface area contributed by atoms with Crippen LogP contribution < -0.4 is 5.32 Å². The molecule has 1 aromatic rings. The van der Waals surface area contributed by atoms with Gasteiger partial charge in [0.1, 0.15) is 0 Å². The number of nitrogens with zero attached hydrogens (tertiary/aromatic N) is 2. The first-order chi connectivity index (χ1) is 12.9. The number of hydrogen-bond acceptors (Lipinski definition) is 4. The van der Waals surface area contributed by atoms with Crippen molar-refractivity contribution in [2.75, 3.05) is 39.3 Å². The van der Waals surface area contributed by atoms with Crippen LogP contribution in [0.3, 0.4) is 0 Å². The molecule has 7 heteroatoms. The fourth-order valence-corrected chi connectivity index (χ4v) is 4.63. The number of piperazine rings is 1. The molecule has 27 heavy (non-hydrogen) atoms. The van der Waals surface area contributed by atoms with E-state index in [1.807, 2.05) is 24.0 Å². The normalized spacial score (nSPS) is 15.5. The minimum absolute atomic E-state index is 0.0309. The first-order valence-electron chi connectivity index (χ1n) is 9.95. The number of carbonyl (C=O) groups is 1. The van der Waals surface area contributed by atoms with E-state index >= 15 is 0 Å². The Morgan fingerprint density at radius 1 is 1.15 bits per heavy atom. The predicted molar refractivity (Wildman–Crippen MR) is 108 cm³/mol. The molecule has 1 saturated heterocycles. The van der Waals surface area contributed by atoms with Gasteiger partial charge >= 0.3 is 0 Å². The molecule has 2 rings (SSSR count). The van der Waals surface area contributed by atoms with Gasteiger partial charge in [-0.25, -0.2) is 8.42 Å². The smallest absolute Gasteiger partial charge is 0.243 e. The highest BCUT2D eigenvalue weighted by Gasteiger charge is 2.26. The van der Waals surface area contributed by atoms with E-state index in [4.69, 9.17) is 0 Å². The standard InChI is InChI=1S/C20H33N3O3S/c1-4-5-13-23(14-10-20(24)22-15-11-21-12-16-22)27(25,26)19-8-6-18(7-9-19)17(2)3/h6-9,17,21H,4-5,10-16H2,1-3H3. The van der Waals surface area contributed by atoms with Crippen molar-refractivity contribution in [2.45, 2.75) is 50.8 Å². The molecule has 0 saturated carbocycles. The molecule has 1 aliphatic heterocycles. The maximum atomic E-state index is 13.1. The molecule has 1 fully saturated rings. The third kappa shape index (κ3) is 6.02. The van der Waals surface area contributed by atoms with E-state index in [0.29, 0.717) is 30.4 Å². The van der Waals surface area contributed by atoms with Crippen molar-refractivity contribution in [1.82, 2.24) is 14.5 Å². The third-order valence-electron chi connectivity index (χ3n) is 4.99. The average Bonchev–Trinajstić information content (AvgIpc) is 2.68. The number of amides is 1. The van der Waals surface area contributed by atoms with E-state index < -0.39 is 10.0 Å². The molecule has 0 radical (unpaired) electrons. The number of rotatable bonds is 9. The Morgan fingerprint density at radius 2 is 1.78 bits per heavy atom. The van der Waals surface area contributed by atoms with Gasteiger partial charge in [-0.05, 0) is 30.0 Å². The summed E-state index contributed by atoms with van der Waals surface area (Å²) in [6, 6.07) is 7.12. The van der Waals surface area contributed by atoms with Crippen molar-refractivity contribution in [3.05, 3.63) is 29.8 Å². The zero-order valence-electron chi connectivity index (χ0n) is 16.8. The van der Waals surface area contributed by atoms with Gasteiger partial charge in [0.25, 0.3) is 0 Å². The van der Waals surface area contributed by atoms with E-state index in [1.165, 1.54) is 4.31 Å². The molecule has 0 spiro atoms. The van der Waals surface area contributed by atoms with Crippen molar-refractivity contribution in [3.8, 4) is 0 Å². The number of carbonyl (C=O) groups excluding carboxylic acids is 1. The Kier molecular flexibility index (Phi) is 8.26. The summed E-state index contributed by atoms with van der Waals surface area (Å²) in [6.45, 7) is 9.86. The van der Waals surface area contributed by atoms with Crippen molar-refractivity contribution >= 4 is 15.9 Å². The molecule has 6 nitrogen and oxygen atoms in total. The first-order valence-corrected chi connectivity index (χ1v) is 11.4. The Bertz CT molecular complexity index is 696. The van der Waals surface area contributed by atoms with Gasteiger partial charge in [-0.15, -0.1) is 0 Å². The number of unbranched alkanes of at least 4 members (excludes halogenated alkanes) is 1. The maximum absolute atomic E-state index is 13.1. The number of hydrogen-bond donors (Lipinski definition) is 1. The molecule has 0 aromatic heterocycles. The zero-order valence-corrected chi connectivity index (χ0v) is 17.6. The Morgan fingerprint density at radius 3 is 2.33 bits per heavy atom. The van der Waals surface area contributed by atoms with Crippen LogP contribution in [0.5, 0.6) is 0 Å². The van der Waals surface area contributed by atoms with Gasteiger partial charge in [-0.2, -0.15) is 4.31 Å². The minimum Gasteiger partial charge on any atom is -0.340 e. The fourth-order valence-electron chi connectivity index (χ4n) is 3.15. The highest BCUT2D eigenvalue weighted by molar-refractivity contribution is 7.89. The van der Waals surface area contributed by atoms with E-state index in [0.717, 1.165) is 31.5 Å². The summed E-state index contributed by atoms with van der Waals surface area (Å²) < 4.78 is 27.7. The number of nitrogens with one attached hydrogen (secondary N) is 1. The second kappa shape index (κ2) is 10.2. The van der Waals surface area contributed by atoms with Crippen LogP contribution in [0.25, 0.3) is 0 Å². The minimum atomic E-state index is -3.59. The van der Waals surface area contributed by atoms with Crippen LogP contribution in [0.1, 0.15) is 51.5 Å². The van der Waals surface area contributed by atoms with Gasteiger partial charge in [0.15, 0.2) is 0 Å². The van der Waals surface area contributed by atoms with Crippen LogP contribution in [0.2, 0.25) is 0 Å². The topological polar surface area (TPSA) is 69.7 Å². The number of benzene rings is 1. The van der Waals surface area contributed by atoms with Gasteiger partial charge in [0.05, 0.1) is 4.90 Å². The molecular weight excluding hydrogens is 362 g/mol. The van der Waals surface area contributed by atoms with E-state index in [9.17, 15) is 13.2 Å². The van der Waals surface area contributed by atoms with Crippen LogP contribution >= 0.6 is 0 Å². The lowest BCUT2D eigenvalue weighted by atomic mass is 10.0. The predicted octanol–water partition coefficient (Wildman–Crippen LogP) is 2.42. The van der Waals surface area contributed by atoms with E-state index in [-0.39, 0.29) is 18.9 Å². The highest BCUT2D eigenvalue weighted by atomic mass is 32.2. The summed E-state index contributed by atoms with van der Waals surface area (Å²) in [4.78, 5) is 14.6. The van der Waals surface area contributed by atoms with Crippen LogP contribution in [0, 0.1) is 0 Å². The lowest BCUT2D eigenvalue weighted by molar-refractivity contribution is -0.131. The lowest BCUT2D eigenvalue weighted by Gasteiger charge is -2.29. The van der Waals surface area contributed by atoms with E-state index in [1.54, 1.807) is 12.1 Å². The fraction of sp³-hybridized carbons (Fsp3) is 0.650. The quantitative estimate of drug-likeness (QED) is 0.697. The molecule has 1 heterocycles. The van der Waals surface area contributed by atoms with Crippen molar-refractivity contribution in [2.24, 2.45) is 0 Å². The Balaban J connectivity index is 2.09. The van der Waals surface area contributed by atoms with Gasteiger partial charge in [-0.3, -0.25) is 4.79 Å². The van der Waals surface area contributed by atoms with Crippen molar-refractivity contribution in [1.29, 1.82) is 0 Å². The molecule has 0 unspecified atom stereocenters. The molecule has 152 valence electrons. The molecule has 0 aliphatic carbocycles. The second-order valence-electron chi connectivity index (χ2n) is 7.36. The summed E-state index contributed by atoms with van der Waals surface area (Å²) in [5, 5.41) is 3.22. The molecule has 0 bridgehead atoms. The van der Waals surface area contributed by atoms with E-state index in [2.05, 4.69) is 19.2 Å². The van der Waals surface area contributed by atoms with Crippen LogP contribution in [0.15, 0.2) is 29.2 Å². The molecule has 1 aromatic carbocycles. The summed E-state index contributed by atoms with van der Waals surface area (Å²) in [5.74, 6) is 0.387. The first kappa shape index (κ1) is 21.9. The molecule has 1 amide bonds. The third-order valence-corrected chi connectivity index (χ3v) is 6.90. The van der Waals surface area contributed by atoms with Gasteiger partial charge in [0, 0.05) is 45.7 Å². The van der Waals surface area contributed by atoms with Gasteiger partial charge in [-0.1, -0.05) is 39.3 Å². The summed E-state index contributed by atoms with van der Waals surface area (Å²) in [7, 11) is -3.59. The molecular formula is C20H33N3O3S. The number of sulfonamides is 1. The van der Waals surface area contributed by atoms with Gasteiger partial charge in [0.2, 0.25) is 15.9 Å². The van der Waals surface area contributed by atoms with Crippen molar-refractivity contribution < 1.29 is 13.2 Å². The summed E-state index contributed by atoms with van der Waals surface area (Å²) in [6.07, 6.45) is 1.92. The van der Waals surface area contributed by atoms with Crippen LogP contribution in [0.4, 0.5) is 0 Å². The van der Waals surface area contributed by atoms with Crippen molar-refractivity contribution in [3.63, 3.8) is 0 Å². The second-order valence-corrected chi connectivity index (χ2v) is 9.30. The van der Waals surface area contributed by atoms with Crippen LogP contribution in [-0.4, -0.2) is 62.8 Å². The highest BCUT2D eigenvalue weighted by Crippen LogP contribution is 2.21. The molecule has 0 atom stereocenters.